The zero-order chi connectivity index (χ0) is 23.9. The Morgan fingerprint density at radius 2 is 1.85 bits per heavy atom. The molecule has 0 spiro atoms. The molecule has 1 aliphatic carbocycles. The molecule has 2 aromatic carbocycles. The molecule has 4 unspecified atom stereocenters. The molecule has 0 aromatic heterocycles. The van der Waals surface area contributed by atoms with Gasteiger partial charge < -0.3 is 10.1 Å². The van der Waals surface area contributed by atoms with E-state index >= 15 is 0 Å². The normalized spacial score (nSPS) is 26.7. The van der Waals surface area contributed by atoms with Crippen LogP contribution in [-0.4, -0.2) is 36.7 Å². The van der Waals surface area contributed by atoms with Crippen LogP contribution in [0.15, 0.2) is 54.6 Å². The minimum Gasteiger partial charge on any atom is -0.497 e. The molecule has 1 heterocycles. The smallest absolute Gasteiger partial charge is 0.394 e. The molecule has 2 aliphatic rings. The van der Waals surface area contributed by atoms with Crippen molar-refractivity contribution in [3.8, 4) is 5.75 Å². The number of unbranched alkanes of at least 4 members (excludes halogenated alkanes) is 1. The molecule has 2 aromatic rings. The lowest BCUT2D eigenvalue weighted by Crippen LogP contribution is -2.59. The highest BCUT2D eigenvalue weighted by atomic mass is 32.3. The number of fused-ring (bicyclic) bond motifs is 2. The van der Waals surface area contributed by atoms with Gasteiger partial charge in [-0.25, -0.2) is 0 Å². The van der Waals surface area contributed by atoms with Crippen LogP contribution in [0.3, 0.4) is 0 Å². The number of rotatable bonds is 7. The van der Waals surface area contributed by atoms with E-state index in [0.717, 1.165) is 24.0 Å². The minimum atomic E-state index is -4.67. The third kappa shape index (κ3) is 7.54. The molecule has 1 saturated carbocycles. The monoisotopic (exact) mass is 475 g/mol. The second kappa shape index (κ2) is 11.5. The molecule has 4 atom stereocenters. The summed E-state index contributed by atoms with van der Waals surface area (Å²) >= 11 is 0. The van der Waals surface area contributed by atoms with Crippen LogP contribution in [0.1, 0.15) is 62.5 Å². The van der Waals surface area contributed by atoms with E-state index in [0.29, 0.717) is 5.92 Å². The summed E-state index contributed by atoms with van der Waals surface area (Å²) in [6.45, 7) is 3.49. The van der Waals surface area contributed by atoms with Gasteiger partial charge in [0.2, 0.25) is 0 Å². The summed E-state index contributed by atoms with van der Waals surface area (Å²) in [6.07, 6.45) is 9.01. The van der Waals surface area contributed by atoms with Gasteiger partial charge in [0.05, 0.1) is 7.11 Å². The average molecular weight is 476 g/mol. The molecule has 2 bridgehead atoms. The number of hydrogen-bond acceptors (Lipinski definition) is 4. The van der Waals surface area contributed by atoms with E-state index in [1.54, 1.807) is 7.11 Å². The molecule has 1 saturated heterocycles. The summed E-state index contributed by atoms with van der Waals surface area (Å²) in [7, 11) is -2.89. The third-order valence-electron chi connectivity index (χ3n) is 7.26. The first kappa shape index (κ1) is 25.7. The van der Waals surface area contributed by atoms with Gasteiger partial charge in [0.25, 0.3) is 0 Å². The molecule has 6 nitrogen and oxygen atoms in total. The predicted octanol–water partition coefficient (Wildman–Crippen LogP) is 5.32. The number of methoxy groups -OCH3 is 1. The van der Waals surface area contributed by atoms with Gasteiger partial charge in [-0.1, -0.05) is 62.2 Å². The second-order valence-corrected chi connectivity index (χ2v) is 10.4. The van der Waals surface area contributed by atoms with Crippen molar-refractivity contribution in [3.05, 3.63) is 65.7 Å². The lowest BCUT2D eigenvalue weighted by molar-refractivity contribution is 0.0559. The Morgan fingerprint density at radius 3 is 2.52 bits per heavy atom. The van der Waals surface area contributed by atoms with Crippen LogP contribution in [0, 0.1) is 11.8 Å². The van der Waals surface area contributed by atoms with Gasteiger partial charge >= 0.3 is 10.4 Å². The summed E-state index contributed by atoms with van der Waals surface area (Å²) in [6, 6.07) is 19.9. The van der Waals surface area contributed by atoms with Crippen LogP contribution in [0.25, 0.3) is 0 Å². The zero-order valence-corrected chi connectivity index (χ0v) is 20.4. The standard InChI is InChI=1S/C26H35NO.H2O4S/c1-3-4-11-22-19-27-26(17-20-9-6-5-7-10-20)15-14-24(25(22)18-26)21-12-8-13-23(16-21)28-2;1-5(2,3)4/h5-10,12-13,16,22,24-25,27H,3-4,11,14-15,17-19H2,1-2H3;(H2,1,2,3,4). The first-order valence-electron chi connectivity index (χ1n) is 11.9. The Kier molecular flexibility index (Phi) is 8.93. The van der Waals surface area contributed by atoms with Crippen molar-refractivity contribution in [2.75, 3.05) is 13.7 Å². The first-order valence-corrected chi connectivity index (χ1v) is 13.3. The molecule has 182 valence electrons. The molecule has 3 N–H and O–H groups in total. The predicted molar refractivity (Wildman–Crippen MR) is 131 cm³/mol. The summed E-state index contributed by atoms with van der Waals surface area (Å²) in [5.41, 5.74) is 3.24. The number of ether oxygens (including phenoxy) is 1. The summed E-state index contributed by atoms with van der Waals surface area (Å²) in [4.78, 5) is 0. The van der Waals surface area contributed by atoms with Crippen LogP contribution in [0.5, 0.6) is 5.75 Å². The highest BCUT2D eigenvalue weighted by Crippen LogP contribution is 2.50. The van der Waals surface area contributed by atoms with E-state index in [2.05, 4.69) is 66.8 Å². The van der Waals surface area contributed by atoms with Crippen LogP contribution >= 0.6 is 0 Å². The van der Waals surface area contributed by atoms with Gasteiger partial charge in [-0.05, 0) is 79.7 Å². The van der Waals surface area contributed by atoms with Crippen molar-refractivity contribution in [2.45, 2.75) is 63.3 Å². The van der Waals surface area contributed by atoms with Crippen molar-refractivity contribution in [3.63, 3.8) is 0 Å². The van der Waals surface area contributed by atoms with E-state index in [1.165, 1.54) is 56.2 Å². The lowest BCUT2D eigenvalue weighted by Gasteiger charge is -2.53. The number of hydrogen-bond donors (Lipinski definition) is 3. The summed E-state index contributed by atoms with van der Waals surface area (Å²) in [5, 5.41) is 4.04. The fourth-order valence-corrected chi connectivity index (χ4v) is 5.77. The molecule has 0 amide bonds. The van der Waals surface area contributed by atoms with E-state index in [9.17, 15) is 0 Å². The van der Waals surface area contributed by atoms with Crippen molar-refractivity contribution in [1.82, 2.24) is 5.32 Å². The Balaban J connectivity index is 0.000000555. The van der Waals surface area contributed by atoms with Gasteiger partial charge in [0, 0.05) is 5.54 Å². The first-order chi connectivity index (χ1) is 15.7. The van der Waals surface area contributed by atoms with Crippen LogP contribution < -0.4 is 10.1 Å². The highest BCUT2D eigenvalue weighted by Gasteiger charge is 2.47. The lowest BCUT2D eigenvalue weighted by atomic mass is 9.59. The average Bonchev–Trinajstić information content (AvgIpc) is 2.78. The molecule has 1 aliphatic heterocycles. The molecule has 7 heteroatoms. The fourth-order valence-electron chi connectivity index (χ4n) is 5.77. The molecule has 4 rings (SSSR count). The second-order valence-electron chi connectivity index (χ2n) is 9.46. The van der Waals surface area contributed by atoms with Gasteiger partial charge in [0.1, 0.15) is 5.75 Å². The van der Waals surface area contributed by atoms with E-state index in [-0.39, 0.29) is 5.54 Å². The molecule has 2 fully saturated rings. The van der Waals surface area contributed by atoms with Gasteiger partial charge in [0.15, 0.2) is 0 Å². The van der Waals surface area contributed by atoms with Crippen molar-refractivity contribution >= 4 is 10.4 Å². The Hall–Kier alpha value is -1.93. The Bertz CT molecular complexity index is 973. The molecular formula is C26H37NO5S. The maximum absolute atomic E-state index is 8.74. The topological polar surface area (TPSA) is 95.9 Å². The largest absolute Gasteiger partial charge is 0.497 e. The van der Waals surface area contributed by atoms with E-state index in [1.807, 2.05) is 0 Å². The molecule has 0 radical (unpaired) electrons. The Morgan fingerprint density at radius 1 is 1.12 bits per heavy atom. The van der Waals surface area contributed by atoms with Gasteiger partial charge in [-0.2, -0.15) is 8.42 Å². The molecular weight excluding hydrogens is 438 g/mol. The minimum absolute atomic E-state index is 0.282. The van der Waals surface area contributed by atoms with Crippen molar-refractivity contribution in [2.24, 2.45) is 11.8 Å². The number of benzene rings is 2. The quantitative estimate of drug-likeness (QED) is 0.469. The maximum atomic E-state index is 8.74. The highest BCUT2D eigenvalue weighted by molar-refractivity contribution is 7.79. The van der Waals surface area contributed by atoms with Gasteiger partial charge in [-0.3, -0.25) is 9.11 Å². The van der Waals surface area contributed by atoms with Crippen LogP contribution in [-0.2, 0) is 16.8 Å². The van der Waals surface area contributed by atoms with Crippen LogP contribution in [0.2, 0.25) is 0 Å². The van der Waals surface area contributed by atoms with Crippen molar-refractivity contribution in [1.29, 1.82) is 0 Å². The Labute approximate surface area is 198 Å². The zero-order valence-electron chi connectivity index (χ0n) is 19.6. The SMILES string of the molecule is CCCCC1CNC2(Cc3ccccc3)CCC(c3cccc(OC)c3)C1C2.O=S(=O)(O)O. The maximum Gasteiger partial charge on any atom is 0.394 e. The van der Waals surface area contributed by atoms with E-state index in [4.69, 9.17) is 22.3 Å². The van der Waals surface area contributed by atoms with Crippen molar-refractivity contribution < 1.29 is 22.3 Å². The third-order valence-corrected chi connectivity index (χ3v) is 7.26. The van der Waals surface area contributed by atoms with Gasteiger partial charge in [-0.15, -0.1) is 0 Å². The molecule has 33 heavy (non-hydrogen) atoms. The van der Waals surface area contributed by atoms with E-state index < -0.39 is 10.4 Å². The van der Waals surface area contributed by atoms with Crippen LogP contribution in [0.4, 0.5) is 0 Å². The number of nitrogens with one attached hydrogen (secondary N) is 1. The fraction of sp³-hybridized carbons (Fsp3) is 0.538. The summed E-state index contributed by atoms with van der Waals surface area (Å²) in [5.74, 6) is 3.23. The summed E-state index contributed by atoms with van der Waals surface area (Å²) < 4.78 is 37.1. The number of piperidine rings is 1.